The second-order valence-corrected chi connectivity index (χ2v) is 6.05. The van der Waals surface area contributed by atoms with E-state index in [-0.39, 0.29) is 12.2 Å². The summed E-state index contributed by atoms with van der Waals surface area (Å²) in [6, 6.07) is 15.1. The molecule has 0 fully saturated rings. The van der Waals surface area contributed by atoms with Gasteiger partial charge in [-0.25, -0.2) is 8.78 Å². The zero-order chi connectivity index (χ0) is 20.8. The maximum atomic E-state index is 13.8. The van der Waals surface area contributed by atoms with E-state index >= 15 is 0 Å². The molecule has 3 aromatic carbocycles. The van der Waals surface area contributed by atoms with Crippen molar-refractivity contribution in [3.63, 3.8) is 0 Å². The van der Waals surface area contributed by atoms with Crippen molar-refractivity contribution >= 4 is 11.6 Å². The number of nitrogens with one attached hydrogen (secondary N) is 1. The van der Waals surface area contributed by atoms with E-state index in [1.165, 1.54) is 19.2 Å². The van der Waals surface area contributed by atoms with Crippen molar-refractivity contribution in [2.45, 2.75) is 6.61 Å². The van der Waals surface area contributed by atoms with Gasteiger partial charge >= 0.3 is 0 Å². The van der Waals surface area contributed by atoms with Crippen LogP contribution in [0.3, 0.4) is 0 Å². The van der Waals surface area contributed by atoms with E-state index in [2.05, 4.69) is 5.32 Å². The van der Waals surface area contributed by atoms with E-state index in [0.29, 0.717) is 22.8 Å². The number of para-hydroxylation sites is 1. The van der Waals surface area contributed by atoms with Crippen molar-refractivity contribution in [1.82, 2.24) is 0 Å². The lowest BCUT2D eigenvalue weighted by Gasteiger charge is -2.13. The van der Waals surface area contributed by atoms with Crippen molar-refractivity contribution in [3.05, 3.63) is 83.4 Å². The van der Waals surface area contributed by atoms with Gasteiger partial charge in [0.25, 0.3) is 5.91 Å². The molecule has 0 saturated carbocycles. The van der Waals surface area contributed by atoms with Crippen LogP contribution < -0.4 is 19.5 Å². The third-order valence-electron chi connectivity index (χ3n) is 4.18. The monoisotopic (exact) mass is 399 g/mol. The fourth-order valence-corrected chi connectivity index (χ4v) is 2.69. The molecular formula is C22H19F2NO4. The predicted octanol–water partition coefficient (Wildman–Crippen LogP) is 4.81. The van der Waals surface area contributed by atoms with Gasteiger partial charge in [0.15, 0.2) is 0 Å². The van der Waals surface area contributed by atoms with Crippen molar-refractivity contribution in [2.24, 2.45) is 0 Å². The average Bonchev–Trinajstić information content (AvgIpc) is 2.74. The molecule has 0 aromatic heterocycles. The number of carbonyl (C=O) groups excluding carboxylic acids is 1. The predicted molar refractivity (Wildman–Crippen MR) is 105 cm³/mol. The summed E-state index contributed by atoms with van der Waals surface area (Å²) in [6.45, 7) is 0.117. The van der Waals surface area contributed by atoms with E-state index in [1.54, 1.807) is 43.5 Å². The van der Waals surface area contributed by atoms with Gasteiger partial charge < -0.3 is 19.5 Å². The van der Waals surface area contributed by atoms with Gasteiger partial charge in [0.1, 0.15) is 41.2 Å². The minimum Gasteiger partial charge on any atom is -0.497 e. The number of anilines is 1. The zero-order valence-corrected chi connectivity index (χ0v) is 15.9. The summed E-state index contributed by atoms with van der Waals surface area (Å²) in [4.78, 5) is 12.5. The number of benzene rings is 3. The van der Waals surface area contributed by atoms with Crippen LogP contribution in [-0.4, -0.2) is 20.1 Å². The highest BCUT2D eigenvalue weighted by Crippen LogP contribution is 2.25. The quantitative estimate of drug-likeness (QED) is 0.619. The Morgan fingerprint density at radius 1 is 0.897 bits per heavy atom. The van der Waals surface area contributed by atoms with Gasteiger partial charge in [-0.1, -0.05) is 12.1 Å². The Labute approximate surface area is 166 Å². The molecule has 0 aliphatic rings. The van der Waals surface area contributed by atoms with E-state index in [0.717, 1.165) is 12.1 Å². The van der Waals surface area contributed by atoms with Crippen LogP contribution in [0.25, 0.3) is 0 Å². The van der Waals surface area contributed by atoms with Crippen LogP contribution in [0.2, 0.25) is 0 Å². The van der Waals surface area contributed by atoms with Gasteiger partial charge in [-0.3, -0.25) is 4.79 Å². The molecular weight excluding hydrogens is 380 g/mol. The first-order valence-corrected chi connectivity index (χ1v) is 8.71. The summed E-state index contributed by atoms with van der Waals surface area (Å²) in [5, 5.41) is 2.26. The number of carbonyl (C=O) groups is 1. The van der Waals surface area contributed by atoms with Crippen LogP contribution in [0.1, 0.15) is 15.9 Å². The molecule has 0 heterocycles. The standard InChI is InChI=1S/C22H19F2NO4/c1-27-16-5-3-6-17(12-16)29-13-15-11-14(9-10-20(15)28-2)22(26)25-21-18(23)7-4-8-19(21)24/h3-12H,13H2,1-2H3,(H,25,26). The number of ether oxygens (including phenoxy) is 3. The summed E-state index contributed by atoms with van der Waals surface area (Å²) in [5.74, 6) is -0.619. The van der Waals surface area contributed by atoms with Crippen LogP contribution in [0.4, 0.5) is 14.5 Å². The zero-order valence-electron chi connectivity index (χ0n) is 15.9. The van der Waals surface area contributed by atoms with Gasteiger partial charge in [0.05, 0.1) is 14.2 Å². The highest BCUT2D eigenvalue weighted by Gasteiger charge is 2.15. The van der Waals surface area contributed by atoms with E-state index in [9.17, 15) is 13.6 Å². The minimum absolute atomic E-state index is 0.117. The summed E-state index contributed by atoms with van der Waals surface area (Å²) in [7, 11) is 3.06. The molecule has 3 aromatic rings. The van der Waals surface area contributed by atoms with Gasteiger partial charge in [-0.15, -0.1) is 0 Å². The molecule has 5 nitrogen and oxygen atoms in total. The van der Waals surface area contributed by atoms with E-state index < -0.39 is 23.2 Å². The van der Waals surface area contributed by atoms with Crippen molar-refractivity contribution in [3.8, 4) is 17.2 Å². The van der Waals surface area contributed by atoms with Crippen LogP contribution in [0, 0.1) is 11.6 Å². The largest absolute Gasteiger partial charge is 0.497 e. The highest BCUT2D eigenvalue weighted by atomic mass is 19.1. The van der Waals surface area contributed by atoms with E-state index in [4.69, 9.17) is 14.2 Å². The fourth-order valence-electron chi connectivity index (χ4n) is 2.69. The lowest BCUT2D eigenvalue weighted by atomic mass is 10.1. The van der Waals surface area contributed by atoms with Crippen molar-refractivity contribution < 1.29 is 27.8 Å². The molecule has 0 spiro atoms. The Bertz CT molecular complexity index is 1000. The first kappa shape index (κ1) is 20.1. The highest BCUT2D eigenvalue weighted by molar-refractivity contribution is 6.04. The molecule has 0 aliphatic carbocycles. The lowest BCUT2D eigenvalue weighted by molar-refractivity contribution is 0.102. The first-order chi connectivity index (χ1) is 14.0. The number of methoxy groups -OCH3 is 2. The Morgan fingerprint density at radius 2 is 1.59 bits per heavy atom. The number of rotatable bonds is 7. The summed E-state index contributed by atoms with van der Waals surface area (Å²) in [6.07, 6.45) is 0. The Kier molecular flexibility index (Phi) is 6.29. The summed E-state index contributed by atoms with van der Waals surface area (Å²) < 4.78 is 43.8. The molecule has 0 unspecified atom stereocenters. The lowest BCUT2D eigenvalue weighted by Crippen LogP contribution is -2.15. The Hall–Kier alpha value is -3.61. The minimum atomic E-state index is -0.853. The molecule has 7 heteroatoms. The maximum absolute atomic E-state index is 13.8. The van der Waals surface area contributed by atoms with Crippen LogP contribution in [-0.2, 0) is 6.61 Å². The third kappa shape index (κ3) is 4.82. The topological polar surface area (TPSA) is 56.8 Å². The Balaban J connectivity index is 1.79. The molecule has 0 radical (unpaired) electrons. The average molecular weight is 399 g/mol. The van der Waals surface area contributed by atoms with Crippen LogP contribution in [0.15, 0.2) is 60.7 Å². The molecule has 150 valence electrons. The number of amides is 1. The van der Waals surface area contributed by atoms with Gasteiger partial charge in [-0.05, 0) is 42.5 Å². The summed E-state index contributed by atoms with van der Waals surface area (Å²) in [5.41, 5.74) is 0.303. The van der Waals surface area contributed by atoms with Gasteiger partial charge in [0.2, 0.25) is 0 Å². The molecule has 0 atom stereocenters. The number of hydrogen-bond acceptors (Lipinski definition) is 4. The van der Waals surface area contributed by atoms with Crippen molar-refractivity contribution in [2.75, 3.05) is 19.5 Å². The molecule has 3 rings (SSSR count). The third-order valence-corrected chi connectivity index (χ3v) is 4.18. The van der Waals surface area contributed by atoms with Crippen LogP contribution >= 0.6 is 0 Å². The molecule has 0 aliphatic heterocycles. The van der Waals surface area contributed by atoms with Gasteiger partial charge in [-0.2, -0.15) is 0 Å². The fraction of sp³-hybridized carbons (Fsp3) is 0.136. The molecule has 0 saturated heterocycles. The van der Waals surface area contributed by atoms with Crippen LogP contribution in [0.5, 0.6) is 17.2 Å². The smallest absolute Gasteiger partial charge is 0.255 e. The molecule has 0 bridgehead atoms. The molecule has 1 amide bonds. The normalized spacial score (nSPS) is 10.3. The molecule has 29 heavy (non-hydrogen) atoms. The maximum Gasteiger partial charge on any atom is 0.255 e. The first-order valence-electron chi connectivity index (χ1n) is 8.71. The Morgan fingerprint density at radius 3 is 2.28 bits per heavy atom. The second kappa shape index (κ2) is 9.05. The number of hydrogen-bond donors (Lipinski definition) is 1. The van der Waals surface area contributed by atoms with E-state index in [1.807, 2.05) is 0 Å². The molecule has 1 N–H and O–H groups in total. The van der Waals surface area contributed by atoms with Gasteiger partial charge in [0, 0.05) is 17.2 Å². The SMILES string of the molecule is COc1cccc(OCc2cc(C(=O)Nc3c(F)cccc3F)ccc2OC)c1. The second-order valence-electron chi connectivity index (χ2n) is 6.05. The van der Waals surface area contributed by atoms with Crippen molar-refractivity contribution in [1.29, 1.82) is 0 Å². The summed E-state index contributed by atoms with van der Waals surface area (Å²) >= 11 is 0. The number of halogens is 2.